The fourth-order valence-corrected chi connectivity index (χ4v) is 3.06. The van der Waals surface area contributed by atoms with Crippen LogP contribution >= 0.6 is 11.6 Å². The quantitative estimate of drug-likeness (QED) is 0.817. The van der Waals surface area contributed by atoms with Crippen LogP contribution in [0.4, 0.5) is 0 Å². The first-order chi connectivity index (χ1) is 8.18. The summed E-state index contributed by atoms with van der Waals surface area (Å²) in [6.45, 7) is 7.58. The molecule has 3 heteroatoms. The van der Waals surface area contributed by atoms with Gasteiger partial charge in [0.25, 0.3) is 0 Å². The Bertz CT molecular complexity index is 569. The molecule has 0 fully saturated rings. The maximum absolute atomic E-state index is 6.12. The van der Waals surface area contributed by atoms with Gasteiger partial charge in [-0.05, 0) is 23.6 Å². The molecule has 2 heterocycles. The molecule has 0 aliphatic carbocycles. The van der Waals surface area contributed by atoms with Gasteiger partial charge in [-0.15, -0.1) is 0 Å². The lowest BCUT2D eigenvalue weighted by atomic mass is 9.99. The first kappa shape index (κ1) is 11.1. The number of fused-ring (bicyclic) bond motifs is 3. The summed E-state index contributed by atoms with van der Waals surface area (Å²) >= 11 is 6.12. The predicted octanol–water partition coefficient (Wildman–Crippen LogP) is 3.52. The van der Waals surface area contributed by atoms with Gasteiger partial charge in [-0.25, -0.2) is 0 Å². The number of rotatable bonds is 1. The van der Waals surface area contributed by atoms with E-state index in [-0.39, 0.29) is 0 Å². The minimum Gasteiger partial charge on any atom is -0.342 e. The van der Waals surface area contributed by atoms with E-state index in [1.807, 2.05) is 6.07 Å². The molecule has 1 N–H and O–H groups in total. The van der Waals surface area contributed by atoms with Crippen LogP contribution in [0.25, 0.3) is 10.9 Å². The Hall–Kier alpha value is -0.990. The molecule has 0 spiro atoms. The molecule has 0 saturated heterocycles. The van der Waals surface area contributed by atoms with Gasteiger partial charge in [0.15, 0.2) is 0 Å². The van der Waals surface area contributed by atoms with E-state index < -0.39 is 0 Å². The van der Waals surface area contributed by atoms with Crippen LogP contribution in [-0.4, -0.2) is 11.1 Å². The van der Waals surface area contributed by atoms with Crippen molar-refractivity contribution in [1.29, 1.82) is 0 Å². The van der Waals surface area contributed by atoms with E-state index in [1.54, 1.807) is 0 Å². The fraction of sp³-hybridized carbons (Fsp3) is 0.429. The Morgan fingerprint density at radius 1 is 1.35 bits per heavy atom. The number of benzene rings is 1. The van der Waals surface area contributed by atoms with Crippen LogP contribution in [0.3, 0.4) is 0 Å². The summed E-state index contributed by atoms with van der Waals surface area (Å²) in [6, 6.07) is 6.26. The van der Waals surface area contributed by atoms with Gasteiger partial charge in [0.1, 0.15) is 0 Å². The molecule has 0 bridgehead atoms. The third-order valence-electron chi connectivity index (χ3n) is 3.56. The lowest BCUT2D eigenvalue weighted by Gasteiger charge is -2.19. The predicted molar refractivity (Wildman–Crippen MR) is 72.7 cm³/mol. The van der Waals surface area contributed by atoms with Gasteiger partial charge in [0.2, 0.25) is 0 Å². The van der Waals surface area contributed by atoms with Gasteiger partial charge in [-0.2, -0.15) is 0 Å². The average Bonchev–Trinajstić information content (AvgIpc) is 2.63. The normalized spacial score (nSPS) is 15.5. The minimum absolute atomic E-state index is 0.551. The van der Waals surface area contributed by atoms with E-state index >= 15 is 0 Å². The average molecular weight is 249 g/mol. The molecule has 1 aromatic carbocycles. The van der Waals surface area contributed by atoms with Crippen molar-refractivity contribution in [3.8, 4) is 0 Å². The Morgan fingerprint density at radius 2 is 2.18 bits per heavy atom. The molecule has 2 nitrogen and oxygen atoms in total. The zero-order valence-electron chi connectivity index (χ0n) is 10.3. The molecule has 17 heavy (non-hydrogen) atoms. The standard InChI is InChI=1S/C14H17ClN2/c1-9(2)14-11-4-3-10(15)7-12(11)17-6-5-16-8-13(14)17/h3-4,7,9,16H,5-6,8H2,1-2H3. The SMILES string of the molecule is CC(C)c1c2n(c3cc(Cl)ccc13)CCNC2. The topological polar surface area (TPSA) is 17.0 Å². The Kier molecular flexibility index (Phi) is 2.64. The van der Waals surface area contributed by atoms with Crippen LogP contribution in [-0.2, 0) is 13.1 Å². The second-order valence-corrected chi connectivity index (χ2v) is 5.44. The summed E-state index contributed by atoms with van der Waals surface area (Å²) in [5, 5.41) is 5.65. The highest BCUT2D eigenvalue weighted by atomic mass is 35.5. The molecule has 0 unspecified atom stereocenters. The van der Waals surface area contributed by atoms with Crippen molar-refractivity contribution in [3.05, 3.63) is 34.5 Å². The second kappa shape index (κ2) is 4.04. The summed E-state index contributed by atoms with van der Waals surface area (Å²) in [6.07, 6.45) is 0. The third kappa shape index (κ3) is 1.67. The first-order valence-corrected chi connectivity index (χ1v) is 6.57. The summed E-state index contributed by atoms with van der Waals surface area (Å²) in [7, 11) is 0. The van der Waals surface area contributed by atoms with Crippen molar-refractivity contribution in [2.75, 3.05) is 6.54 Å². The fourth-order valence-electron chi connectivity index (χ4n) is 2.89. The van der Waals surface area contributed by atoms with Crippen molar-refractivity contribution in [2.24, 2.45) is 0 Å². The second-order valence-electron chi connectivity index (χ2n) is 5.00. The molecule has 0 saturated carbocycles. The lowest BCUT2D eigenvalue weighted by molar-refractivity contribution is 0.520. The summed E-state index contributed by atoms with van der Waals surface area (Å²) in [5.41, 5.74) is 4.20. The highest BCUT2D eigenvalue weighted by Crippen LogP contribution is 2.34. The number of halogens is 1. The van der Waals surface area contributed by atoms with Gasteiger partial charge in [0, 0.05) is 35.7 Å². The lowest BCUT2D eigenvalue weighted by Crippen LogP contribution is -2.28. The Balaban J connectivity index is 2.37. The highest BCUT2D eigenvalue weighted by Gasteiger charge is 2.21. The van der Waals surface area contributed by atoms with E-state index in [0.717, 1.165) is 24.7 Å². The molecule has 1 aliphatic rings. The molecule has 3 rings (SSSR count). The van der Waals surface area contributed by atoms with Crippen molar-refractivity contribution in [3.63, 3.8) is 0 Å². The van der Waals surface area contributed by atoms with E-state index in [1.165, 1.54) is 22.2 Å². The molecule has 1 aromatic heterocycles. The first-order valence-electron chi connectivity index (χ1n) is 6.19. The van der Waals surface area contributed by atoms with E-state index in [2.05, 4.69) is 35.9 Å². The van der Waals surface area contributed by atoms with Crippen LogP contribution in [0, 0.1) is 0 Å². The number of aromatic nitrogens is 1. The van der Waals surface area contributed by atoms with Gasteiger partial charge in [0.05, 0.1) is 5.52 Å². The van der Waals surface area contributed by atoms with Crippen molar-refractivity contribution >= 4 is 22.5 Å². The maximum Gasteiger partial charge on any atom is 0.0501 e. The van der Waals surface area contributed by atoms with Crippen LogP contribution in [0.15, 0.2) is 18.2 Å². The van der Waals surface area contributed by atoms with E-state index in [9.17, 15) is 0 Å². The highest BCUT2D eigenvalue weighted by molar-refractivity contribution is 6.31. The monoisotopic (exact) mass is 248 g/mol. The van der Waals surface area contributed by atoms with Crippen molar-refractivity contribution in [2.45, 2.75) is 32.9 Å². The van der Waals surface area contributed by atoms with Gasteiger partial charge >= 0.3 is 0 Å². The zero-order chi connectivity index (χ0) is 12.0. The van der Waals surface area contributed by atoms with Crippen LogP contribution in [0.2, 0.25) is 5.02 Å². The third-order valence-corrected chi connectivity index (χ3v) is 3.79. The molecular formula is C14H17ClN2. The Morgan fingerprint density at radius 3 is 2.94 bits per heavy atom. The Labute approximate surface area is 107 Å². The van der Waals surface area contributed by atoms with E-state index in [4.69, 9.17) is 11.6 Å². The largest absolute Gasteiger partial charge is 0.342 e. The van der Waals surface area contributed by atoms with Gasteiger partial charge < -0.3 is 9.88 Å². The van der Waals surface area contributed by atoms with Gasteiger partial charge in [-0.1, -0.05) is 31.5 Å². The molecule has 1 aliphatic heterocycles. The molecular weight excluding hydrogens is 232 g/mol. The number of hydrogen-bond acceptors (Lipinski definition) is 1. The smallest absolute Gasteiger partial charge is 0.0501 e. The van der Waals surface area contributed by atoms with Crippen LogP contribution in [0.1, 0.15) is 31.0 Å². The van der Waals surface area contributed by atoms with Crippen LogP contribution in [0.5, 0.6) is 0 Å². The number of nitrogens with zero attached hydrogens (tertiary/aromatic N) is 1. The molecule has 0 amide bonds. The van der Waals surface area contributed by atoms with Crippen molar-refractivity contribution in [1.82, 2.24) is 9.88 Å². The van der Waals surface area contributed by atoms with Gasteiger partial charge in [-0.3, -0.25) is 0 Å². The number of hydrogen-bond donors (Lipinski definition) is 1. The zero-order valence-corrected chi connectivity index (χ0v) is 11.0. The minimum atomic E-state index is 0.551. The summed E-state index contributed by atoms with van der Waals surface area (Å²) in [5.74, 6) is 0.551. The molecule has 90 valence electrons. The van der Waals surface area contributed by atoms with Crippen LogP contribution < -0.4 is 5.32 Å². The van der Waals surface area contributed by atoms with Crippen molar-refractivity contribution < 1.29 is 0 Å². The summed E-state index contributed by atoms with van der Waals surface area (Å²) in [4.78, 5) is 0. The number of nitrogens with one attached hydrogen (secondary N) is 1. The summed E-state index contributed by atoms with van der Waals surface area (Å²) < 4.78 is 2.42. The molecule has 0 radical (unpaired) electrons. The molecule has 2 aromatic rings. The molecule has 0 atom stereocenters. The van der Waals surface area contributed by atoms with E-state index in [0.29, 0.717) is 5.92 Å². The maximum atomic E-state index is 6.12.